The van der Waals surface area contributed by atoms with Crippen molar-refractivity contribution in [1.29, 1.82) is 0 Å². The summed E-state index contributed by atoms with van der Waals surface area (Å²) in [7, 11) is 0. The van der Waals surface area contributed by atoms with E-state index in [2.05, 4.69) is 20.9 Å². The number of hydrogen-bond acceptors (Lipinski definition) is 4. The first-order chi connectivity index (χ1) is 17.3. The van der Waals surface area contributed by atoms with Crippen molar-refractivity contribution >= 4 is 34.9 Å². The van der Waals surface area contributed by atoms with Crippen LogP contribution in [0.2, 0.25) is 5.02 Å². The van der Waals surface area contributed by atoms with Crippen molar-refractivity contribution in [2.24, 2.45) is 0 Å². The predicted octanol–water partition coefficient (Wildman–Crippen LogP) is 6.56. The zero-order valence-corrected chi connectivity index (χ0v) is 19.6. The molecule has 0 radical (unpaired) electrons. The molecule has 7 nitrogen and oxygen atoms in total. The van der Waals surface area contributed by atoms with E-state index in [4.69, 9.17) is 19.1 Å². The first-order valence-corrected chi connectivity index (χ1v) is 10.7. The lowest BCUT2D eigenvalue weighted by molar-refractivity contribution is -0.137. The van der Waals surface area contributed by atoms with E-state index in [-0.39, 0.29) is 11.6 Å². The molecule has 0 spiro atoms. The van der Waals surface area contributed by atoms with Gasteiger partial charge in [0.1, 0.15) is 17.2 Å². The number of nitrogens with zero attached hydrogens (tertiary/aromatic N) is 1. The van der Waals surface area contributed by atoms with Crippen LogP contribution in [-0.4, -0.2) is 23.5 Å². The van der Waals surface area contributed by atoms with E-state index in [9.17, 15) is 22.8 Å². The van der Waals surface area contributed by atoms with Crippen molar-refractivity contribution < 1.29 is 30.2 Å². The Hall–Kier alpha value is -3.79. The Morgan fingerprint density at radius 1 is 1.14 bits per heavy atom. The fraction of sp³-hybridized carbons (Fsp3) is 0.208. The van der Waals surface area contributed by atoms with Crippen molar-refractivity contribution in [2.75, 3.05) is 17.2 Å². The number of ether oxygens (including phenoxy) is 1. The third-order valence-electron chi connectivity index (χ3n) is 4.87. The molecule has 1 aromatic heterocycles. The second kappa shape index (κ2) is 10.6. The molecule has 3 amide bonds. The first-order valence-electron chi connectivity index (χ1n) is 11.3. The molecule has 3 N–H and O–H groups in total. The van der Waals surface area contributed by atoms with Crippen LogP contribution in [0.4, 0.5) is 29.3 Å². The Bertz CT molecular complexity index is 1370. The van der Waals surface area contributed by atoms with Crippen LogP contribution >= 0.6 is 11.6 Å². The smallest absolute Gasteiger partial charge is 0.417 e. The van der Waals surface area contributed by atoms with E-state index in [1.165, 1.54) is 18.3 Å². The summed E-state index contributed by atoms with van der Waals surface area (Å²) in [5, 5.41) is 6.43. The lowest BCUT2D eigenvalue weighted by Crippen LogP contribution is -2.23. The monoisotopic (exact) mass is 508 g/mol. The zero-order valence-electron chi connectivity index (χ0n) is 20.9. The maximum Gasteiger partial charge on any atom is 0.417 e. The number of nitrogens with one attached hydrogen (secondary N) is 3. The molecule has 0 atom stereocenters. The molecule has 0 fully saturated rings. The Morgan fingerprint density at radius 2 is 1.89 bits per heavy atom. The number of alkyl halides is 3. The minimum Gasteiger partial charge on any atom is -0.457 e. The Kier molecular flexibility index (Phi) is 6.99. The molecule has 35 heavy (non-hydrogen) atoms. The van der Waals surface area contributed by atoms with Crippen LogP contribution in [0.3, 0.4) is 0 Å². The molecule has 11 heteroatoms. The Balaban J connectivity index is 1.79. The van der Waals surface area contributed by atoms with Crippen LogP contribution in [0.15, 0.2) is 48.6 Å². The summed E-state index contributed by atoms with van der Waals surface area (Å²) in [4.78, 5) is 28.6. The summed E-state index contributed by atoms with van der Waals surface area (Å²) >= 11 is 5.58. The van der Waals surface area contributed by atoms with E-state index < -0.39 is 40.6 Å². The van der Waals surface area contributed by atoms with Gasteiger partial charge in [-0.3, -0.25) is 9.78 Å². The molecule has 1 heterocycles. The quantitative estimate of drug-likeness (QED) is 0.352. The normalized spacial score (nSPS) is 11.9. The highest BCUT2D eigenvalue weighted by atomic mass is 35.5. The molecule has 0 saturated heterocycles. The number of benzene rings is 2. The predicted molar refractivity (Wildman–Crippen MR) is 127 cm³/mol. The van der Waals surface area contributed by atoms with Crippen LogP contribution in [-0.2, 0) is 6.18 Å². The number of aromatic nitrogens is 1. The molecule has 0 aliphatic rings. The van der Waals surface area contributed by atoms with Gasteiger partial charge < -0.3 is 20.7 Å². The molecular weight excluding hydrogens is 485 g/mol. The molecule has 3 rings (SSSR count). The number of pyridine rings is 1. The van der Waals surface area contributed by atoms with Gasteiger partial charge in [-0.15, -0.1) is 0 Å². The number of carbonyl (C=O) groups is 2. The van der Waals surface area contributed by atoms with E-state index in [0.29, 0.717) is 34.9 Å². The molecule has 0 aliphatic carbocycles. The number of halogens is 4. The van der Waals surface area contributed by atoms with Gasteiger partial charge in [-0.2, -0.15) is 13.2 Å². The highest BCUT2D eigenvalue weighted by molar-refractivity contribution is 6.31. The van der Waals surface area contributed by atoms with Gasteiger partial charge in [0.15, 0.2) is 0 Å². The van der Waals surface area contributed by atoms with Gasteiger partial charge in [-0.1, -0.05) is 11.6 Å². The van der Waals surface area contributed by atoms with E-state index in [0.717, 1.165) is 6.07 Å². The SMILES string of the molecule is [2H]c1cc(NC(=O)Nc2ccc(Oc3ccnc(C(=O)NCC)c3)c(C)c2C)c([2H])c(C(F)(F)F)c1Cl. The molecule has 0 bridgehead atoms. The van der Waals surface area contributed by atoms with E-state index >= 15 is 0 Å². The van der Waals surface area contributed by atoms with Gasteiger partial charge in [-0.05, 0) is 68.2 Å². The van der Waals surface area contributed by atoms with Crippen LogP contribution in [0.25, 0.3) is 0 Å². The fourth-order valence-electron chi connectivity index (χ4n) is 2.99. The number of hydrogen-bond donors (Lipinski definition) is 3. The topological polar surface area (TPSA) is 92.3 Å². The van der Waals surface area contributed by atoms with Crippen molar-refractivity contribution in [3.05, 3.63) is 76.0 Å². The average Bonchev–Trinajstić information content (AvgIpc) is 2.82. The lowest BCUT2D eigenvalue weighted by atomic mass is 10.1. The van der Waals surface area contributed by atoms with Crippen molar-refractivity contribution in [2.45, 2.75) is 26.9 Å². The summed E-state index contributed by atoms with van der Waals surface area (Å²) in [6, 6.07) is 4.40. The molecule has 2 aromatic carbocycles. The molecule has 0 saturated carbocycles. The standard InChI is InChI=1S/C24H22ClF3N4O3/c1-4-29-22(33)20-12-16(9-10-30-20)35-21-8-7-19(13(2)14(21)3)32-23(34)31-15-5-6-18(25)17(11-15)24(26,27)28/h5-12H,4H2,1-3H3,(H,29,33)(H2,31,32,34)/i6D,11D. The molecular formula is C24H22ClF3N4O3. The van der Waals surface area contributed by atoms with Gasteiger partial charge in [-0.25, -0.2) is 4.79 Å². The number of rotatable bonds is 6. The van der Waals surface area contributed by atoms with Crippen molar-refractivity contribution in [1.82, 2.24) is 10.3 Å². The average molecular weight is 509 g/mol. The maximum absolute atomic E-state index is 13.3. The van der Waals surface area contributed by atoms with Crippen LogP contribution in [0.5, 0.6) is 11.5 Å². The van der Waals surface area contributed by atoms with Gasteiger partial charge in [0, 0.05) is 30.2 Å². The van der Waals surface area contributed by atoms with E-state index in [1.807, 2.05) is 0 Å². The van der Waals surface area contributed by atoms with Gasteiger partial charge in [0.05, 0.1) is 13.3 Å². The third-order valence-corrected chi connectivity index (χ3v) is 5.17. The summed E-state index contributed by atoms with van der Waals surface area (Å²) in [5.74, 6) is 0.466. The van der Waals surface area contributed by atoms with E-state index in [1.54, 1.807) is 32.9 Å². The number of amides is 3. The summed E-state index contributed by atoms with van der Waals surface area (Å²) in [5.41, 5.74) is -0.252. The van der Waals surface area contributed by atoms with Crippen LogP contribution < -0.4 is 20.7 Å². The zero-order chi connectivity index (χ0) is 27.5. The van der Waals surface area contributed by atoms with Gasteiger partial charge >= 0.3 is 12.2 Å². The largest absolute Gasteiger partial charge is 0.457 e. The molecule has 184 valence electrons. The van der Waals surface area contributed by atoms with Crippen LogP contribution in [0, 0.1) is 13.8 Å². The Morgan fingerprint density at radius 3 is 2.57 bits per heavy atom. The second-order valence-corrected chi connectivity index (χ2v) is 7.67. The summed E-state index contributed by atoms with van der Waals surface area (Å²) in [6.45, 7) is 5.67. The Labute approximate surface area is 207 Å². The van der Waals surface area contributed by atoms with Gasteiger partial charge in [0.25, 0.3) is 5.91 Å². The van der Waals surface area contributed by atoms with Gasteiger partial charge in [0.2, 0.25) is 0 Å². The fourth-order valence-corrected chi connectivity index (χ4v) is 3.20. The minimum atomic E-state index is -4.98. The molecule has 3 aromatic rings. The van der Waals surface area contributed by atoms with Crippen molar-refractivity contribution in [3.8, 4) is 11.5 Å². The molecule has 0 aliphatic heterocycles. The molecule has 0 unspecified atom stereocenters. The number of anilines is 2. The second-order valence-electron chi connectivity index (χ2n) is 7.29. The third kappa shape index (κ3) is 6.42. The summed E-state index contributed by atoms with van der Waals surface area (Å²) < 4.78 is 61.2. The van der Waals surface area contributed by atoms with Crippen molar-refractivity contribution in [3.63, 3.8) is 0 Å². The number of urea groups is 1. The first kappa shape index (κ1) is 23.0. The lowest BCUT2D eigenvalue weighted by Gasteiger charge is -2.16. The minimum absolute atomic E-state index is 0.184. The highest BCUT2D eigenvalue weighted by Crippen LogP contribution is 2.36. The number of carbonyl (C=O) groups excluding carboxylic acids is 2. The summed E-state index contributed by atoms with van der Waals surface area (Å²) in [6.07, 6.45) is -3.54. The highest BCUT2D eigenvalue weighted by Gasteiger charge is 2.33. The maximum atomic E-state index is 13.3. The van der Waals surface area contributed by atoms with Crippen LogP contribution in [0.1, 0.15) is 36.8 Å².